The number of para-hydroxylation sites is 1. The molecular formula is C14H20FN3S. The van der Waals surface area contributed by atoms with Gasteiger partial charge in [-0.2, -0.15) is 0 Å². The highest BCUT2D eigenvalue weighted by molar-refractivity contribution is 7.80. The summed E-state index contributed by atoms with van der Waals surface area (Å²) in [4.78, 5) is 4.23. The van der Waals surface area contributed by atoms with Crippen LogP contribution >= 0.6 is 12.2 Å². The number of halogens is 1. The van der Waals surface area contributed by atoms with Gasteiger partial charge in [0.25, 0.3) is 0 Å². The van der Waals surface area contributed by atoms with Crippen LogP contribution in [0.2, 0.25) is 0 Å². The van der Waals surface area contributed by atoms with Crippen molar-refractivity contribution in [3.63, 3.8) is 0 Å². The molecule has 1 aliphatic rings. The number of benzene rings is 1. The SMILES string of the molecule is CCCNC(=S)N1CCN(c2ccccc2F)CC1. The number of piperazine rings is 1. The summed E-state index contributed by atoms with van der Waals surface area (Å²) >= 11 is 5.34. The van der Waals surface area contributed by atoms with Gasteiger partial charge in [0.05, 0.1) is 5.69 Å². The van der Waals surface area contributed by atoms with Crippen LogP contribution in [0.1, 0.15) is 13.3 Å². The molecule has 0 amide bonds. The minimum atomic E-state index is -0.150. The zero-order valence-corrected chi connectivity index (χ0v) is 12.0. The van der Waals surface area contributed by atoms with E-state index in [-0.39, 0.29) is 5.82 Å². The second kappa shape index (κ2) is 6.70. The molecule has 0 aromatic heterocycles. The van der Waals surface area contributed by atoms with Crippen molar-refractivity contribution >= 4 is 23.0 Å². The average Bonchev–Trinajstić information content (AvgIpc) is 2.45. The van der Waals surface area contributed by atoms with E-state index in [1.54, 1.807) is 6.07 Å². The van der Waals surface area contributed by atoms with E-state index >= 15 is 0 Å². The van der Waals surface area contributed by atoms with Gasteiger partial charge in [-0.3, -0.25) is 0 Å². The van der Waals surface area contributed by atoms with Gasteiger partial charge in [-0.15, -0.1) is 0 Å². The second-order valence-corrected chi connectivity index (χ2v) is 5.04. The van der Waals surface area contributed by atoms with Crippen LogP contribution in [0.15, 0.2) is 24.3 Å². The van der Waals surface area contributed by atoms with Crippen LogP contribution in [-0.2, 0) is 0 Å². The van der Waals surface area contributed by atoms with E-state index in [4.69, 9.17) is 12.2 Å². The van der Waals surface area contributed by atoms with Gasteiger partial charge in [0, 0.05) is 32.7 Å². The maximum Gasteiger partial charge on any atom is 0.169 e. The summed E-state index contributed by atoms with van der Waals surface area (Å²) in [6.45, 7) is 6.30. The van der Waals surface area contributed by atoms with Gasteiger partial charge < -0.3 is 15.1 Å². The molecule has 2 rings (SSSR count). The van der Waals surface area contributed by atoms with Crippen molar-refractivity contribution in [2.45, 2.75) is 13.3 Å². The summed E-state index contributed by atoms with van der Waals surface area (Å²) < 4.78 is 13.7. The smallest absolute Gasteiger partial charge is 0.169 e. The number of hydrogen-bond donors (Lipinski definition) is 1. The Morgan fingerprint density at radius 3 is 2.58 bits per heavy atom. The number of anilines is 1. The Balaban J connectivity index is 1.89. The summed E-state index contributed by atoms with van der Waals surface area (Å²) in [6, 6.07) is 6.94. The molecule has 0 aliphatic carbocycles. The van der Waals surface area contributed by atoms with Gasteiger partial charge >= 0.3 is 0 Å². The zero-order chi connectivity index (χ0) is 13.7. The lowest BCUT2D eigenvalue weighted by molar-refractivity contribution is 0.378. The average molecular weight is 281 g/mol. The first kappa shape index (κ1) is 14.1. The summed E-state index contributed by atoms with van der Waals surface area (Å²) in [5.74, 6) is -0.150. The highest BCUT2D eigenvalue weighted by atomic mass is 32.1. The Bertz CT molecular complexity index is 430. The molecule has 19 heavy (non-hydrogen) atoms. The molecule has 1 heterocycles. The minimum absolute atomic E-state index is 0.150. The van der Waals surface area contributed by atoms with Gasteiger partial charge in [-0.1, -0.05) is 19.1 Å². The maximum atomic E-state index is 13.7. The first-order chi connectivity index (χ1) is 9.22. The molecule has 0 bridgehead atoms. The molecule has 0 saturated carbocycles. The summed E-state index contributed by atoms with van der Waals surface area (Å²) in [6.07, 6.45) is 1.06. The van der Waals surface area contributed by atoms with E-state index in [0.29, 0.717) is 5.69 Å². The Morgan fingerprint density at radius 2 is 1.95 bits per heavy atom. The number of hydrogen-bond acceptors (Lipinski definition) is 2. The number of nitrogens with zero attached hydrogens (tertiary/aromatic N) is 2. The fraction of sp³-hybridized carbons (Fsp3) is 0.500. The lowest BCUT2D eigenvalue weighted by Crippen LogP contribution is -2.52. The Morgan fingerprint density at radius 1 is 1.26 bits per heavy atom. The molecule has 0 unspecified atom stereocenters. The van der Waals surface area contributed by atoms with Crippen LogP contribution < -0.4 is 10.2 Å². The van der Waals surface area contributed by atoms with Crippen LogP contribution in [0, 0.1) is 5.82 Å². The van der Waals surface area contributed by atoms with Gasteiger partial charge in [0.15, 0.2) is 5.11 Å². The van der Waals surface area contributed by atoms with Crippen molar-refractivity contribution in [2.75, 3.05) is 37.6 Å². The van der Waals surface area contributed by atoms with E-state index in [0.717, 1.165) is 44.3 Å². The van der Waals surface area contributed by atoms with E-state index in [1.807, 2.05) is 12.1 Å². The third-order valence-electron chi connectivity index (χ3n) is 3.29. The molecule has 104 valence electrons. The van der Waals surface area contributed by atoms with E-state index in [2.05, 4.69) is 22.0 Å². The molecular weight excluding hydrogens is 261 g/mol. The molecule has 0 spiro atoms. The van der Waals surface area contributed by atoms with Gasteiger partial charge in [0.1, 0.15) is 5.82 Å². The molecule has 1 aliphatic heterocycles. The molecule has 1 saturated heterocycles. The van der Waals surface area contributed by atoms with Crippen LogP contribution in [0.25, 0.3) is 0 Å². The van der Waals surface area contributed by atoms with Crippen LogP contribution in [-0.4, -0.2) is 42.7 Å². The summed E-state index contributed by atoms with van der Waals surface area (Å²) in [7, 11) is 0. The van der Waals surface area contributed by atoms with Gasteiger partial charge in [0.2, 0.25) is 0 Å². The Hall–Kier alpha value is -1.36. The molecule has 1 aromatic rings. The van der Waals surface area contributed by atoms with Crippen molar-refractivity contribution < 1.29 is 4.39 Å². The predicted molar refractivity (Wildman–Crippen MR) is 81.1 cm³/mol. The van der Waals surface area contributed by atoms with E-state index in [1.165, 1.54) is 6.07 Å². The van der Waals surface area contributed by atoms with Gasteiger partial charge in [-0.05, 0) is 30.8 Å². The standard InChI is InChI=1S/C14H20FN3S/c1-2-7-16-14(19)18-10-8-17(9-11-18)13-6-4-3-5-12(13)15/h3-6H,2,7-11H2,1H3,(H,16,19). The van der Waals surface area contributed by atoms with Crippen LogP contribution in [0.5, 0.6) is 0 Å². The number of nitrogens with one attached hydrogen (secondary N) is 1. The van der Waals surface area contributed by atoms with Crippen molar-refractivity contribution in [3.05, 3.63) is 30.1 Å². The predicted octanol–water partition coefficient (Wildman–Crippen LogP) is 2.23. The van der Waals surface area contributed by atoms with Crippen molar-refractivity contribution in [3.8, 4) is 0 Å². The first-order valence-corrected chi connectivity index (χ1v) is 7.15. The van der Waals surface area contributed by atoms with Crippen LogP contribution in [0.3, 0.4) is 0 Å². The highest BCUT2D eigenvalue weighted by Gasteiger charge is 2.20. The fourth-order valence-electron chi connectivity index (χ4n) is 2.20. The van der Waals surface area contributed by atoms with Crippen molar-refractivity contribution in [1.29, 1.82) is 0 Å². The topological polar surface area (TPSA) is 18.5 Å². The Labute approximate surface area is 119 Å². The third kappa shape index (κ3) is 3.56. The molecule has 1 N–H and O–H groups in total. The van der Waals surface area contributed by atoms with E-state index < -0.39 is 0 Å². The summed E-state index contributed by atoms with van der Waals surface area (Å²) in [5, 5.41) is 4.05. The lowest BCUT2D eigenvalue weighted by atomic mass is 10.2. The second-order valence-electron chi connectivity index (χ2n) is 4.66. The highest BCUT2D eigenvalue weighted by Crippen LogP contribution is 2.20. The quantitative estimate of drug-likeness (QED) is 0.856. The molecule has 3 nitrogen and oxygen atoms in total. The van der Waals surface area contributed by atoms with Gasteiger partial charge in [-0.25, -0.2) is 4.39 Å². The normalized spacial score (nSPS) is 15.5. The largest absolute Gasteiger partial charge is 0.366 e. The molecule has 5 heteroatoms. The monoisotopic (exact) mass is 281 g/mol. The van der Waals surface area contributed by atoms with E-state index in [9.17, 15) is 4.39 Å². The van der Waals surface area contributed by atoms with Crippen molar-refractivity contribution in [1.82, 2.24) is 10.2 Å². The third-order valence-corrected chi connectivity index (χ3v) is 3.69. The summed E-state index contributed by atoms with van der Waals surface area (Å²) in [5.41, 5.74) is 0.689. The lowest BCUT2D eigenvalue weighted by Gasteiger charge is -2.37. The molecule has 1 aromatic carbocycles. The number of thiocarbonyl (C=S) groups is 1. The molecule has 0 atom stereocenters. The number of rotatable bonds is 3. The first-order valence-electron chi connectivity index (χ1n) is 6.74. The molecule has 0 radical (unpaired) electrons. The maximum absolute atomic E-state index is 13.7. The fourth-order valence-corrected chi connectivity index (χ4v) is 2.49. The minimum Gasteiger partial charge on any atom is -0.366 e. The van der Waals surface area contributed by atoms with Crippen molar-refractivity contribution in [2.24, 2.45) is 0 Å². The Kier molecular flexibility index (Phi) is 4.96. The zero-order valence-electron chi connectivity index (χ0n) is 11.2. The van der Waals surface area contributed by atoms with Crippen LogP contribution in [0.4, 0.5) is 10.1 Å². The molecule has 1 fully saturated rings.